The molecule has 0 aliphatic carbocycles. The van der Waals surface area contributed by atoms with Crippen molar-refractivity contribution in [1.82, 2.24) is 0 Å². The van der Waals surface area contributed by atoms with Crippen LogP contribution in [0.1, 0.15) is 12.8 Å². The molecule has 2 aromatic rings. The van der Waals surface area contributed by atoms with Gasteiger partial charge in [0.1, 0.15) is 0 Å². The van der Waals surface area contributed by atoms with Crippen LogP contribution in [0, 0.1) is 0 Å². The average molecular weight is 357 g/mol. The number of esters is 1. The summed E-state index contributed by atoms with van der Waals surface area (Å²) in [5.41, 5.74) is 0.689. The Morgan fingerprint density at radius 3 is 2.64 bits per heavy atom. The molecule has 0 radical (unpaired) electrons. The first-order valence-corrected chi connectivity index (χ1v) is 8.94. The maximum absolute atomic E-state index is 12.1. The Morgan fingerprint density at radius 2 is 1.88 bits per heavy atom. The van der Waals surface area contributed by atoms with Crippen LogP contribution in [0.5, 0.6) is 0 Å². The summed E-state index contributed by atoms with van der Waals surface area (Å²) in [6.07, 6.45) is 0.960. The van der Waals surface area contributed by atoms with Crippen molar-refractivity contribution in [2.45, 2.75) is 28.7 Å². The molecular weight excluding hydrogens is 338 g/mol. The molecule has 0 unspecified atom stereocenters. The van der Waals surface area contributed by atoms with Gasteiger partial charge in [0, 0.05) is 16.4 Å². The second-order valence-electron chi connectivity index (χ2n) is 5.57. The van der Waals surface area contributed by atoms with Crippen molar-refractivity contribution >= 4 is 29.3 Å². The van der Waals surface area contributed by atoms with E-state index in [4.69, 9.17) is 9.47 Å². The van der Waals surface area contributed by atoms with Gasteiger partial charge in [-0.2, -0.15) is 0 Å². The van der Waals surface area contributed by atoms with E-state index < -0.39 is 12.1 Å². The Bertz CT molecular complexity index is 729. The fourth-order valence-corrected chi connectivity index (χ4v) is 3.38. The zero-order chi connectivity index (χ0) is 17.5. The third-order valence-electron chi connectivity index (χ3n) is 3.67. The first-order chi connectivity index (χ1) is 12.2. The largest absolute Gasteiger partial charge is 0.454 e. The Labute approximate surface area is 150 Å². The molecule has 0 aromatic heterocycles. The lowest BCUT2D eigenvalue weighted by Crippen LogP contribution is -2.27. The topological polar surface area (TPSA) is 64.6 Å². The van der Waals surface area contributed by atoms with Crippen LogP contribution in [0.15, 0.2) is 64.4 Å². The lowest BCUT2D eigenvalue weighted by Gasteiger charge is -2.12. The van der Waals surface area contributed by atoms with E-state index in [9.17, 15) is 9.59 Å². The number of anilines is 1. The van der Waals surface area contributed by atoms with Crippen molar-refractivity contribution in [2.24, 2.45) is 0 Å². The maximum Gasteiger partial charge on any atom is 0.335 e. The number of carbonyl (C=O) groups is 2. The van der Waals surface area contributed by atoms with Crippen molar-refractivity contribution in [3.05, 3.63) is 54.6 Å². The molecule has 25 heavy (non-hydrogen) atoms. The number of para-hydroxylation sites is 1. The van der Waals surface area contributed by atoms with Crippen LogP contribution in [0.25, 0.3) is 0 Å². The van der Waals surface area contributed by atoms with Crippen LogP contribution in [-0.2, 0) is 19.1 Å². The summed E-state index contributed by atoms with van der Waals surface area (Å²) >= 11 is 1.56. The Hall–Kier alpha value is -2.31. The molecule has 1 atom stereocenters. The number of carbonyl (C=O) groups excluding carboxylic acids is 2. The predicted molar refractivity (Wildman–Crippen MR) is 95.6 cm³/mol. The van der Waals surface area contributed by atoms with Crippen LogP contribution in [0.4, 0.5) is 5.69 Å². The summed E-state index contributed by atoms with van der Waals surface area (Å²) in [4.78, 5) is 25.9. The quantitative estimate of drug-likeness (QED) is 0.802. The second kappa shape index (κ2) is 8.69. The molecule has 1 aliphatic heterocycles. The summed E-state index contributed by atoms with van der Waals surface area (Å²) in [6.45, 7) is 0.249. The van der Waals surface area contributed by atoms with Gasteiger partial charge in [-0.05, 0) is 37.1 Å². The zero-order valence-electron chi connectivity index (χ0n) is 13.6. The number of hydrogen-bond acceptors (Lipinski definition) is 5. The number of hydrogen-bond donors (Lipinski definition) is 1. The molecule has 3 rings (SSSR count). The van der Waals surface area contributed by atoms with Crippen LogP contribution < -0.4 is 5.32 Å². The normalized spacial score (nSPS) is 16.4. The zero-order valence-corrected chi connectivity index (χ0v) is 14.5. The fourth-order valence-electron chi connectivity index (χ4n) is 2.45. The van der Waals surface area contributed by atoms with E-state index in [0.717, 1.165) is 16.2 Å². The van der Waals surface area contributed by atoms with Gasteiger partial charge >= 0.3 is 5.97 Å². The van der Waals surface area contributed by atoms with Gasteiger partial charge in [-0.3, -0.25) is 4.79 Å². The Morgan fingerprint density at radius 1 is 1.12 bits per heavy atom. The van der Waals surface area contributed by atoms with Gasteiger partial charge in [0.25, 0.3) is 5.91 Å². The second-order valence-corrected chi connectivity index (χ2v) is 6.68. The highest BCUT2D eigenvalue weighted by Gasteiger charge is 2.25. The third-order valence-corrected chi connectivity index (χ3v) is 4.75. The number of benzene rings is 2. The van der Waals surface area contributed by atoms with Gasteiger partial charge in [0.15, 0.2) is 12.7 Å². The fraction of sp³-hybridized carbons (Fsp3) is 0.263. The molecule has 0 saturated carbocycles. The van der Waals surface area contributed by atoms with Crippen LogP contribution >= 0.6 is 11.8 Å². The number of amides is 1. The van der Waals surface area contributed by atoms with Gasteiger partial charge < -0.3 is 14.8 Å². The highest BCUT2D eigenvalue weighted by Crippen LogP contribution is 2.33. The monoisotopic (exact) mass is 357 g/mol. The van der Waals surface area contributed by atoms with Gasteiger partial charge in [0.05, 0.1) is 5.69 Å². The molecule has 1 saturated heterocycles. The number of ether oxygens (including phenoxy) is 2. The molecule has 6 heteroatoms. The lowest BCUT2D eigenvalue weighted by molar-refractivity contribution is -0.156. The van der Waals surface area contributed by atoms with E-state index in [1.54, 1.807) is 11.8 Å². The average Bonchev–Trinajstić information content (AvgIpc) is 3.17. The first kappa shape index (κ1) is 17.5. The summed E-state index contributed by atoms with van der Waals surface area (Å²) in [5.74, 6) is -0.841. The molecule has 130 valence electrons. The van der Waals surface area contributed by atoms with Gasteiger partial charge in [-0.15, -0.1) is 0 Å². The molecule has 1 N–H and O–H groups in total. The minimum Gasteiger partial charge on any atom is -0.454 e. The third kappa shape index (κ3) is 5.08. The first-order valence-electron chi connectivity index (χ1n) is 8.12. The number of nitrogens with one attached hydrogen (secondary N) is 1. The minimum absolute atomic E-state index is 0.316. The maximum atomic E-state index is 12.1. The van der Waals surface area contributed by atoms with E-state index in [1.165, 1.54) is 0 Å². The Kier molecular flexibility index (Phi) is 6.09. The van der Waals surface area contributed by atoms with E-state index in [2.05, 4.69) is 5.32 Å². The summed E-state index contributed by atoms with van der Waals surface area (Å²) in [5, 5.41) is 2.80. The van der Waals surface area contributed by atoms with Gasteiger partial charge in [-0.1, -0.05) is 42.1 Å². The molecule has 0 spiro atoms. The van der Waals surface area contributed by atoms with Crippen molar-refractivity contribution < 1.29 is 19.1 Å². The van der Waals surface area contributed by atoms with E-state index in [0.29, 0.717) is 18.7 Å². The lowest BCUT2D eigenvalue weighted by atomic mass is 10.2. The highest BCUT2D eigenvalue weighted by atomic mass is 32.2. The van der Waals surface area contributed by atoms with Crippen molar-refractivity contribution in [3.63, 3.8) is 0 Å². The van der Waals surface area contributed by atoms with Crippen LogP contribution in [-0.4, -0.2) is 31.2 Å². The van der Waals surface area contributed by atoms with Gasteiger partial charge in [0.2, 0.25) is 0 Å². The van der Waals surface area contributed by atoms with Crippen LogP contribution in [0.2, 0.25) is 0 Å². The highest BCUT2D eigenvalue weighted by molar-refractivity contribution is 7.99. The van der Waals surface area contributed by atoms with Crippen molar-refractivity contribution in [1.29, 1.82) is 0 Å². The van der Waals surface area contributed by atoms with Crippen LogP contribution in [0.3, 0.4) is 0 Å². The minimum atomic E-state index is -0.534. The molecular formula is C19H19NO4S. The SMILES string of the molecule is O=C(COC(=O)[C@H]1CCCO1)Nc1ccccc1Sc1ccccc1. The molecule has 1 fully saturated rings. The molecule has 1 heterocycles. The standard InChI is InChI=1S/C19H19NO4S/c21-18(13-24-19(22)16-10-6-12-23-16)20-15-9-4-5-11-17(15)25-14-7-2-1-3-8-14/h1-5,7-9,11,16H,6,10,12-13H2,(H,20,21)/t16-/m1/s1. The molecule has 1 amide bonds. The Balaban J connectivity index is 1.56. The summed E-state index contributed by atoms with van der Waals surface area (Å²) in [6, 6.07) is 17.4. The van der Waals surface area contributed by atoms with E-state index >= 15 is 0 Å². The number of rotatable bonds is 6. The summed E-state index contributed by atoms with van der Waals surface area (Å²) < 4.78 is 10.3. The predicted octanol–water partition coefficient (Wildman–Crippen LogP) is 3.50. The van der Waals surface area contributed by atoms with Crippen molar-refractivity contribution in [3.8, 4) is 0 Å². The molecule has 1 aliphatic rings. The van der Waals surface area contributed by atoms with E-state index in [1.807, 2.05) is 54.6 Å². The molecule has 2 aromatic carbocycles. The molecule has 0 bridgehead atoms. The van der Waals surface area contributed by atoms with E-state index in [-0.39, 0.29) is 12.5 Å². The van der Waals surface area contributed by atoms with Gasteiger partial charge in [-0.25, -0.2) is 4.79 Å². The summed E-state index contributed by atoms with van der Waals surface area (Å²) in [7, 11) is 0. The van der Waals surface area contributed by atoms with Crippen molar-refractivity contribution in [2.75, 3.05) is 18.5 Å². The molecule has 5 nitrogen and oxygen atoms in total. The smallest absolute Gasteiger partial charge is 0.335 e.